The molecule has 2 N–H and O–H groups in total. The maximum Gasteiger partial charge on any atom is 0.248 e. The van der Waals surface area contributed by atoms with Gasteiger partial charge in [0.25, 0.3) is 0 Å². The van der Waals surface area contributed by atoms with Gasteiger partial charge in [-0.05, 0) is 20.8 Å². The number of ether oxygens (including phenoxy) is 1. The van der Waals surface area contributed by atoms with Crippen LogP contribution >= 0.6 is 0 Å². The van der Waals surface area contributed by atoms with E-state index < -0.39 is 12.1 Å². The zero-order valence-electron chi connectivity index (χ0n) is 8.65. The standard InChI is InChI=1S/C9H16N2O3/c1-4-14-9-5(2)10-8(13)7(11-9)6(3)12/h5-7,12H,4H2,1-3H3,(H,10,13). The Kier molecular flexibility index (Phi) is 3.46. The highest BCUT2D eigenvalue weighted by Crippen LogP contribution is 2.08. The molecule has 3 atom stereocenters. The van der Waals surface area contributed by atoms with Crippen molar-refractivity contribution in [1.82, 2.24) is 5.32 Å². The van der Waals surface area contributed by atoms with Crippen molar-refractivity contribution in [3.05, 3.63) is 0 Å². The molecule has 1 aliphatic heterocycles. The van der Waals surface area contributed by atoms with Crippen LogP contribution in [0.1, 0.15) is 20.8 Å². The monoisotopic (exact) mass is 200 g/mol. The van der Waals surface area contributed by atoms with Crippen LogP contribution in [0.5, 0.6) is 0 Å². The number of carbonyl (C=O) groups is 1. The van der Waals surface area contributed by atoms with E-state index in [0.29, 0.717) is 12.5 Å². The van der Waals surface area contributed by atoms with Gasteiger partial charge in [-0.2, -0.15) is 0 Å². The fourth-order valence-electron chi connectivity index (χ4n) is 1.31. The third-order valence-electron chi connectivity index (χ3n) is 2.01. The van der Waals surface area contributed by atoms with Gasteiger partial charge in [-0.3, -0.25) is 4.79 Å². The summed E-state index contributed by atoms with van der Waals surface area (Å²) in [6.07, 6.45) is -0.794. The summed E-state index contributed by atoms with van der Waals surface area (Å²) < 4.78 is 5.25. The summed E-state index contributed by atoms with van der Waals surface area (Å²) in [7, 11) is 0. The van der Waals surface area contributed by atoms with Crippen LogP contribution in [0, 0.1) is 0 Å². The van der Waals surface area contributed by atoms with E-state index in [9.17, 15) is 9.90 Å². The number of aliphatic hydroxyl groups excluding tert-OH is 1. The van der Waals surface area contributed by atoms with Crippen molar-refractivity contribution in [3.8, 4) is 0 Å². The molecule has 1 amide bonds. The molecule has 0 spiro atoms. The number of hydrogen-bond donors (Lipinski definition) is 2. The lowest BCUT2D eigenvalue weighted by atomic mass is 10.1. The molecule has 0 aromatic carbocycles. The molecule has 5 nitrogen and oxygen atoms in total. The van der Waals surface area contributed by atoms with Crippen molar-refractivity contribution in [2.75, 3.05) is 6.61 Å². The normalized spacial score (nSPS) is 29.1. The average Bonchev–Trinajstić information content (AvgIpc) is 2.09. The van der Waals surface area contributed by atoms with Gasteiger partial charge in [-0.1, -0.05) is 0 Å². The van der Waals surface area contributed by atoms with E-state index in [1.54, 1.807) is 6.92 Å². The number of nitrogens with one attached hydrogen (secondary N) is 1. The van der Waals surface area contributed by atoms with E-state index in [1.165, 1.54) is 6.92 Å². The Morgan fingerprint density at radius 1 is 1.71 bits per heavy atom. The van der Waals surface area contributed by atoms with Crippen molar-refractivity contribution in [1.29, 1.82) is 0 Å². The van der Waals surface area contributed by atoms with Gasteiger partial charge in [-0.25, -0.2) is 4.99 Å². The molecule has 0 aromatic rings. The lowest BCUT2D eigenvalue weighted by molar-refractivity contribution is -0.125. The van der Waals surface area contributed by atoms with Gasteiger partial charge >= 0.3 is 0 Å². The molecule has 0 aliphatic carbocycles. The maximum absolute atomic E-state index is 11.4. The van der Waals surface area contributed by atoms with Gasteiger partial charge in [0.1, 0.15) is 6.04 Å². The molecule has 5 heteroatoms. The van der Waals surface area contributed by atoms with E-state index in [0.717, 1.165) is 0 Å². The second-order valence-corrected chi connectivity index (χ2v) is 3.32. The van der Waals surface area contributed by atoms with Crippen molar-refractivity contribution in [2.45, 2.75) is 39.0 Å². The van der Waals surface area contributed by atoms with E-state index in [2.05, 4.69) is 10.3 Å². The minimum atomic E-state index is -0.794. The van der Waals surface area contributed by atoms with Gasteiger partial charge in [0.15, 0.2) is 6.04 Å². The molecule has 80 valence electrons. The molecule has 3 unspecified atom stereocenters. The Labute approximate surface area is 83.2 Å². The first-order valence-corrected chi connectivity index (χ1v) is 4.75. The van der Waals surface area contributed by atoms with Gasteiger partial charge < -0.3 is 15.2 Å². The summed E-state index contributed by atoms with van der Waals surface area (Å²) in [5.74, 6) is 0.231. The SMILES string of the molecule is CCOC1=NC(C(C)O)C(=O)NC1C. The Morgan fingerprint density at radius 3 is 2.86 bits per heavy atom. The first-order chi connectivity index (χ1) is 6.56. The molecule has 0 saturated heterocycles. The largest absolute Gasteiger partial charge is 0.480 e. The van der Waals surface area contributed by atoms with Gasteiger partial charge in [0.05, 0.1) is 12.7 Å². The Balaban J connectivity index is 2.82. The highest BCUT2D eigenvalue weighted by molar-refractivity contribution is 5.95. The van der Waals surface area contributed by atoms with Crippen LogP contribution in [-0.2, 0) is 9.53 Å². The molecule has 14 heavy (non-hydrogen) atoms. The lowest BCUT2D eigenvalue weighted by Crippen LogP contribution is -2.52. The smallest absolute Gasteiger partial charge is 0.248 e. The van der Waals surface area contributed by atoms with Crippen LogP contribution in [0.4, 0.5) is 0 Å². The molecule has 0 bridgehead atoms. The molecule has 0 aromatic heterocycles. The number of aliphatic hydroxyl groups is 1. The lowest BCUT2D eigenvalue weighted by Gasteiger charge is -2.26. The van der Waals surface area contributed by atoms with Crippen molar-refractivity contribution in [2.24, 2.45) is 4.99 Å². The quantitative estimate of drug-likeness (QED) is 0.642. The second kappa shape index (κ2) is 4.41. The molecule has 0 radical (unpaired) electrons. The molecular weight excluding hydrogens is 184 g/mol. The third-order valence-corrected chi connectivity index (χ3v) is 2.01. The summed E-state index contributed by atoms with van der Waals surface area (Å²) >= 11 is 0. The van der Waals surface area contributed by atoms with E-state index in [-0.39, 0.29) is 11.9 Å². The van der Waals surface area contributed by atoms with Gasteiger partial charge in [0.2, 0.25) is 11.8 Å². The number of carbonyl (C=O) groups excluding carboxylic acids is 1. The van der Waals surface area contributed by atoms with Gasteiger partial charge in [0, 0.05) is 0 Å². The molecule has 1 aliphatic rings. The zero-order valence-corrected chi connectivity index (χ0v) is 8.65. The van der Waals surface area contributed by atoms with Crippen LogP contribution in [0.2, 0.25) is 0 Å². The Hall–Kier alpha value is -1.10. The number of amides is 1. The van der Waals surface area contributed by atoms with Crippen LogP contribution in [0.25, 0.3) is 0 Å². The van der Waals surface area contributed by atoms with E-state index >= 15 is 0 Å². The summed E-state index contributed by atoms with van der Waals surface area (Å²) in [6, 6.07) is -0.954. The average molecular weight is 200 g/mol. The van der Waals surface area contributed by atoms with E-state index in [4.69, 9.17) is 4.74 Å². The first kappa shape index (κ1) is 11.0. The number of nitrogens with zero attached hydrogens (tertiary/aromatic N) is 1. The summed E-state index contributed by atoms with van der Waals surface area (Å²) in [5.41, 5.74) is 0. The van der Waals surface area contributed by atoms with E-state index in [1.807, 2.05) is 6.92 Å². The predicted molar refractivity (Wildman–Crippen MR) is 52.1 cm³/mol. The second-order valence-electron chi connectivity index (χ2n) is 3.32. The highest BCUT2D eigenvalue weighted by atomic mass is 16.5. The fraction of sp³-hybridized carbons (Fsp3) is 0.778. The number of rotatable bonds is 2. The summed E-state index contributed by atoms with van der Waals surface area (Å²) in [6.45, 7) is 5.69. The van der Waals surface area contributed by atoms with Gasteiger partial charge in [-0.15, -0.1) is 0 Å². The predicted octanol–water partition coefficient (Wildman–Crippen LogP) is -0.311. The highest BCUT2D eigenvalue weighted by Gasteiger charge is 2.31. The Bertz CT molecular complexity index is 250. The van der Waals surface area contributed by atoms with Crippen molar-refractivity contribution < 1.29 is 14.6 Å². The van der Waals surface area contributed by atoms with Crippen LogP contribution in [-0.4, -0.2) is 41.7 Å². The molecule has 0 fully saturated rings. The first-order valence-electron chi connectivity index (χ1n) is 4.75. The molecule has 1 rings (SSSR count). The number of hydrogen-bond acceptors (Lipinski definition) is 4. The summed E-state index contributed by atoms with van der Waals surface area (Å²) in [5, 5.41) is 12.0. The minimum absolute atomic E-state index is 0.211. The fourth-order valence-corrected chi connectivity index (χ4v) is 1.31. The maximum atomic E-state index is 11.4. The zero-order chi connectivity index (χ0) is 10.7. The van der Waals surface area contributed by atoms with Crippen LogP contribution in [0.15, 0.2) is 4.99 Å². The topological polar surface area (TPSA) is 70.9 Å². The molecule has 1 heterocycles. The minimum Gasteiger partial charge on any atom is -0.480 e. The summed E-state index contributed by atoms with van der Waals surface area (Å²) in [4.78, 5) is 15.4. The molecule has 0 saturated carbocycles. The third kappa shape index (κ3) is 2.23. The Morgan fingerprint density at radius 2 is 2.36 bits per heavy atom. The number of aliphatic imine (C=N–C) groups is 1. The van der Waals surface area contributed by atoms with Crippen LogP contribution in [0.3, 0.4) is 0 Å². The van der Waals surface area contributed by atoms with Crippen molar-refractivity contribution in [3.63, 3.8) is 0 Å². The van der Waals surface area contributed by atoms with Crippen LogP contribution < -0.4 is 5.32 Å². The van der Waals surface area contributed by atoms with Crippen molar-refractivity contribution >= 4 is 11.8 Å². The molecular formula is C9H16N2O3.